The summed E-state index contributed by atoms with van der Waals surface area (Å²) in [6, 6.07) is 6.74. The number of aryl methyl sites for hydroxylation is 1. The Morgan fingerprint density at radius 3 is 2.32 bits per heavy atom. The van der Waals surface area contributed by atoms with Crippen LogP contribution in [0.1, 0.15) is 35.2 Å². The van der Waals surface area contributed by atoms with E-state index >= 15 is 0 Å². The molecule has 5 heteroatoms. The Kier molecular flexibility index (Phi) is 9.30. The summed E-state index contributed by atoms with van der Waals surface area (Å²) in [5.74, 6) is -0.933. The third kappa shape index (κ3) is 8.93. The van der Waals surface area contributed by atoms with E-state index < -0.39 is 12.0 Å². The number of carbonyl (C=O) groups excluding carboxylic acids is 1. The minimum absolute atomic E-state index is 0.520. The maximum absolute atomic E-state index is 10.1. The van der Waals surface area contributed by atoms with Crippen LogP contribution < -0.4 is 11.5 Å². The third-order valence-electron chi connectivity index (χ3n) is 2.50. The fourth-order valence-electron chi connectivity index (χ4n) is 1.28. The van der Waals surface area contributed by atoms with Gasteiger partial charge in [-0.3, -0.25) is 9.59 Å². The molecule has 5 nitrogen and oxygen atoms in total. The predicted octanol–water partition coefficient (Wildman–Crippen LogP) is 1.33. The van der Waals surface area contributed by atoms with Gasteiger partial charge >= 0.3 is 5.97 Å². The number of hydrogen-bond donors (Lipinski definition) is 3. The molecular formula is C14H22N2O3. The highest BCUT2D eigenvalue weighted by Crippen LogP contribution is 1.99. The zero-order valence-corrected chi connectivity index (χ0v) is 11.2. The molecule has 0 radical (unpaired) electrons. The minimum atomic E-state index is -0.933. The van der Waals surface area contributed by atoms with Crippen molar-refractivity contribution in [1.82, 2.24) is 0 Å². The van der Waals surface area contributed by atoms with Crippen LogP contribution in [0.4, 0.5) is 0 Å². The van der Waals surface area contributed by atoms with Gasteiger partial charge in [-0.1, -0.05) is 36.2 Å². The molecule has 1 unspecified atom stereocenters. The summed E-state index contributed by atoms with van der Waals surface area (Å²) >= 11 is 0. The van der Waals surface area contributed by atoms with Crippen molar-refractivity contribution in [3.63, 3.8) is 0 Å². The topological polar surface area (TPSA) is 106 Å². The Morgan fingerprint density at radius 1 is 1.32 bits per heavy atom. The van der Waals surface area contributed by atoms with Crippen molar-refractivity contribution in [3.05, 3.63) is 35.4 Å². The van der Waals surface area contributed by atoms with Crippen LogP contribution in [0, 0.1) is 6.92 Å². The molecular weight excluding hydrogens is 244 g/mol. The van der Waals surface area contributed by atoms with Gasteiger partial charge in [0, 0.05) is 5.56 Å². The number of aldehydes is 1. The van der Waals surface area contributed by atoms with Crippen molar-refractivity contribution in [2.45, 2.75) is 32.2 Å². The highest BCUT2D eigenvalue weighted by Gasteiger charge is 2.09. The molecule has 0 fully saturated rings. The van der Waals surface area contributed by atoms with Crippen LogP contribution in [0.15, 0.2) is 24.3 Å². The van der Waals surface area contributed by atoms with Gasteiger partial charge < -0.3 is 16.6 Å². The molecule has 0 saturated carbocycles. The van der Waals surface area contributed by atoms with Gasteiger partial charge in [0.1, 0.15) is 12.3 Å². The second kappa shape index (κ2) is 10.2. The van der Waals surface area contributed by atoms with Crippen molar-refractivity contribution in [3.8, 4) is 0 Å². The molecule has 0 aliphatic carbocycles. The number of benzene rings is 1. The van der Waals surface area contributed by atoms with Crippen LogP contribution >= 0.6 is 0 Å². The molecule has 1 aromatic rings. The van der Waals surface area contributed by atoms with Crippen LogP contribution in [-0.2, 0) is 4.79 Å². The van der Waals surface area contributed by atoms with Gasteiger partial charge in [0.05, 0.1) is 0 Å². The van der Waals surface area contributed by atoms with E-state index in [0.717, 1.165) is 24.7 Å². The molecule has 1 atom stereocenters. The van der Waals surface area contributed by atoms with E-state index in [-0.39, 0.29) is 0 Å². The Labute approximate surface area is 113 Å². The summed E-state index contributed by atoms with van der Waals surface area (Å²) in [6.45, 7) is 2.60. The average Bonchev–Trinajstić information content (AvgIpc) is 2.40. The van der Waals surface area contributed by atoms with E-state index in [0.29, 0.717) is 13.0 Å². The highest BCUT2D eigenvalue weighted by molar-refractivity contribution is 5.74. The lowest BCUT2D eigenvalue weighted by Crippen LogP contribution is -2.29. The third-order valence-corrected chi connectivity index (χ3v) is 2.50. The maximum atomic E-state index is 10.1. The molecule has 1 aromatic carbocycles. The quantitative estimate of drug-likeness (QED) is 0.532. The largest absolute Gasteiger partial charge is 0.480 e. The Hall–Kier alpha value is -1.72. The summed E-state index contributed by atoms with van der Waals surface area (Å²) < 4.78 is 0. The average molecular weight is 266 g/mol. The number of unbranched alkanes of at least 4 members (excludes halogenated alkanes) is 1. The van der Waals surface area contributed by atoms with Gasteiger partial charge in [0.25, 0.3) is 0 Å². The molecule has 106 valence electrons. The van der Waals surface area contributed by atoms with Gasteiger partial charge in [-0.25, -0.2) is 0 Å². The molecule has 0 bridgehead atoms. The van der Waals surface area contributed by atoms with Crippen molar-refractivity contribution in [2.24, 2.45) is 11.5 Å². The van der Waals surface area contributed by atoms with Crippen LogP contribution in [0.2, 0.25) is 0 Å². The first-order valence-corrected chi connectivity index (χ1v) is 6.21. The molecule has 0 heterocycles. The predicted molar refractivity (Wildman–Crippen MR) is 75.1 cm³/mol. The fraction of sp³-hybridized carbons (Fsp3) is 0.429. The first-order valence-electron chi connectivity index (χ1n) is 6.21. The minimum Gasteiger partial charge on any atom is -0.480 e. The van der Waals surface area contributed by atoms with Gasteiger partial charge in [-0.2, -0.15) is 0 Å². The Balaban J connectivity index is 0.000000342. The standard InChI is InChI=1S/C8H8O.C6H14N2O2/c1-7-2-4-8(6-9)5-3-7;7-4-2-1-3-5(8)6(9)10/h2-6H,1H3;5H,1-4,7-8H2,(H,9,10). The molecule has 0 amide bonds. The van der Waals surface area contributed by atoms with Crippen molar-refractivity contribution in [1.29, 1.82) is 0 Å². The van der Waals surface area contributed by atoms with E-state index in [1.165, 1.54) is 5.56 Å². The van der Waals surface area contributed by atoms with Crippen molar-refractivity contribution in [2.75, 3.05) is 6.54 Å². The normalized spacial score (nSPS) is 11.1. The number of rotatable bonds is 6. The number of carbonyl (C=O) groups is 2. The Bertz CT molecular complexity index is 377. The van der Waals surface area contributed by atoms with E-state index in [1.807, 2.05) is 31.2 Å². The highest BCUT2D eigenvalue weighted by atomic mass is 16.4. The number of carboxylic acid groups (broad SMARTS) is 1. The van der Waals surface area contributed by atoms with E-state index in [1.54, 1.807) is 0 Å². The summed E-state index contributed by atoms with van der Waals surface area (Å²) in [4.78, 5) is 20.3. The van der Waals surface area contributed by atoms with Gasteiger partial charge in [0.2, 0.25) is 0 Å². The summed E-state index contributed by atoms with van der Waals surface area (Å²) in [5.41, 5.74) is 12.3. The smallest absolute Gasteiger partial charge is 0.320 e. The molecule has 0 aliphatic rings. The van der Waals surface area contributed by atoms with Gasteiger partial charge in [-0.05, 0) is 26.3 Å². The monoisotopic (exact) mass is 266 g/mol. The van der Waals surface area contributed by atoms with Crippen LogP contribution in [0.5, 0.6) is 0 Å². The SMILES string of the molecule is Cc1ccc(C=O)cc1.NCCCCC(N)C(=O)O. The molecule has 0 aromatic heterocycles. The Morgan fingerprint density at radius 2 is 1.89 bits per heavy atom. The van der Waals surface area contributed by atoms with Gasteiger partial charge in [0.15, 0.2) is 0 Å². The molecule has 1 rings (SSSR count). The summed E-state index contributed by atoms with van der Waals surface area (Å²) in [5, 5.41) is 8.33. The van der Waals surface area contributed by atoms with E-state index in [4.69, 9.17) is 16.6 Å². The zero-order chi connectivity index (χ0) is 14.7. The lowest BCUT2D eigenvalue weighted by molar-refractivity contribution is -0.138. The molecule has 5 N–H and O–H groups in total. The summed E-state index contributed by atoms with van der Waals surface area (Å²) in [6.07, 6.45) is 3.01. The lowest BCUT2D eigenvalue weighted by atomic mass is 10.1. The second-order valence-electron chi connectivity index (χ2n) is 4.26. The first-order chi connectivity index (χ1) is 9.01. The van der Waals surface area contributed by atoms with Crippen LogP contribution in [-0.4, -0.2) is 29.9 Å². The van der Waals surface area contributed by atoms with Crippen molar-refractivity contribution >= 4 is 12.3 Å². The number of aliphatic carboxylic acids is 1. The summed E-state index contributed by atoms with van der Waals surface area (Å²) in [7, 11) is 0. The van der Waals surface area contributed by atoms with Crippen LogP contribution in [0.25, 0.3) is 0 Å². The number of carboxylic acids is 1. The zero-order valence-electron chi connectivity index (χ0n) is 11.2. The van der Waals surface area contributed by atoms with E-state index in [2.05, 4.69) is 0 Å². The molecule has 19 heavy (non-hydrogen) atoms. The molecule has 0 spiro atoms. The number of nitrogens with two attached hydrogens (primary N) is 2. The lowest BCUT2D eigenvalue weighted by Gasteiger charge is -2.03. The molecule has 0 saturated heterocycles. The first kappa shape index (κ1) is 17.3. The maximum Gasteiger partial charge on any atom is 0.320 e. The second-order valence-corrected chi connectivity index (χ2v) is 4.26. The van der Waals surface area contributed by atoms with E-state index in [9.17, 15) is 9.59 Å². The number of hydrogen-bond acceptors (Lipinski definition) is 4. The molecule has 0 aliphatic heterocycles. The van der Waals surface area contributed by atoms with Crippen LogP contribution in [0.3, 0.4) is 0 Å². The van der Waals surface area contributed by atoms with Gasteiger partial charge in [-0.15, -0.1) is 0 Å². The fourth-order valence-corrected chi connectivity index (χ4v) is 1.28. The van der Waals surface area contributed by atoms with Crippen molar-refractivity contribution < 1.29 is 14.7 Å².